The number of benzene rings is 3. The summed E-state index contributed by atoms with van der Waals surface area (Å²) in [5.74, 6) is -0.367. The fourth-order valence-electron chi connectivity index (χ4n) is 4.86. The Morgan fingerprint density at radius 2 is 1.74 bits per heavy atom. The number of carbonyl (C=O) groups is 3. The van der Waals surface area contributed by atoms with Crippen molar-refractivity contribution in [1.29, 1.82) is 0 Å². The lowest BCUT2D eigenvalue weighted by Gasteiger charge is -2.44. The summed E-state index contributed by atoms with van der Waals surface area (Å²) in [6.07, 6.45) is -0.846. The molecule has 8 nitrogen and oxygen atoms in total. The minimum absolute atomic E-state index is 0.0916. The number of nitrogens with one attached hydrogen (secondary N) is 1. The van der Waals surface area contributed by atoms with Crippen molar-refractivity contribution >= 4 is 40.6 Å². The number of aliphatic hydroxyl groups excluding tert-OH is 1. The maximum Gasteiger partial charge on any atom is 0.308 e. The zero-order valence-corrected chi connectivity index (χ0v) is 22.8. The molecular weight excluding hydrogens is 520 g/mol. The minimum Gasteiger partial charge on any atom is -0.491 e. The number of methoxy groups -OCH3 is 1. The Morgan fingerprint density at radius 1 is 1.08 bits per heavy atom. The van der Waals surface area contributed by atoms with Gasteiger partial charge in [0.05, 0.1) is 25.7 Å². The number of nitrogens with zero attached hydrogens (tertiary/aromatic N) is 1. The predicted octanol–water partition coefficient (Wildman–Crippen LogP) is 5.19. The summed E-state index contributed by atoms with van der Waals surface area (Å²) in [4.78, 5) is 39.8. The molecule has 3 aromatic rings. The number of hydrogen-bond acceptors (Lipinski definition) is 7. The van der Waals surface area contributed by atoms with Crippen molar-refractivity contribution < 1.29 is 29.0 Å². The number of ketones is 1. The largest absolute Gasteiger partial charge is 0.491 e. The summed E-state index contributed by atoms with van der Waals surface area (Å²) in [7, 11) is 1.25. The van der Waals surface area contributed by atoms with Crippen LogP contribution in [-0.2, 0) is 14.3 Å². The molecule has 0 bridgehead atoms. The van der Waals surface area contributed by atoms with Crippen LogP contribution in [0.2, 0.25) is 5.02 Å². The molecule has 0 unspecified atom stereocenters. The average molecular weight is 551 g/mol. The molecule has 0 saturated carbocycles. The van der Waals surface area contributed by atoms with Crippen molar-refractivity contribution in [2.75, 3.05) is 23.9 Å². The van der Waals surface area contributed by atoms with Gasteiger partial charge in [0.1, 0.15) is 17.9 Å². The lowest BCUT2D eigenvalue weighted by Crippen LogP contribution is -2.51. The van der Waals surface area contributed by atoms with Crippen molar-refractivity contribution in [3.63, 3.8) is 0 Å². The molecule has 1 heterocycles. The molecule has 1 aliphatic rings. The number of amides is 1. The van der Waals surface area contributed by atoms with Crippen LogP contribution in [0.4, 0.5) is 11.4 Å². The summed E-state index contributed by atoms with van der Waals surface area (Å²) < 4.78 is 10.1. The SMILES string of the molecule is COC(=O)C[C@H](O)COc1ccc(C(=O)[C@]2(C)C[C@@H](N(C(C)=O)c3ccc(Cl)cc3)c3ccccc3N2)cc1. The number of esters is 1. The topological polar surface area (TPSA) is 105 Å². The van der Waals surface area contributed by atoms with Gasteiger partial charge in [-0.2, -0.15) is 0 Å². The molecule has 0 aliphatic carbocycles. The molecule has 4 rings (SSSR count). The van der Waals surface area contributed by atoms with Gasteiger partial charge in [-0.15, -0.1) is 0 Å². The highest BCUT2D eigenvalue weighted by atomic mass is 35.5. The summed E-state index contributed by atoms with van der Waals surface area (Å²) in [5, 5.41) is 13.9. The maximum absolute atomic E-state index is 13.9. The van der Waals surface area contributed by atoms with E-state index in [1.807, 2.05) is 31.2 Å². The highest BCUT2D eigenvalue weighted by molar-refractivity contribution is 6.30. The van der Waals surface area contributed by atoms with Crippen LogP contribution < -0.4 is 15.0 Å². The molecule has 1 amide bonds. The highest BCUT2D eigenvalue weighted by Crippen LogP contribution is 2.44. The van der Waals surface area contributed by atoms with Gasteiger partial charge < -0.3 is 24.8 Å². The van der Waals surface area contributed by atoms with E-state index in [0.717, 1.165) is 11.3 Å². The zero-order chi connectivity index (χ0) is 28.2. The van der Waals surface area contributed by atoms with Crippen LogP contribution in [0, 0.1) is 0 Å². The molecular formula is C30H31ClN2O6. The fraction of sp³-hybridized carbons (Fsp3) is 0.300. The van der Waals surface area contributed by atoms with E-state index in [9.17, 15) is 19.5 Å². The van der Waals surface area contributed by atoms with Crippen LogP contribution in [0.5, 0.6) is 5.75 Å². The summed E-state index contributed by atoms with van der Waals surface area (Å²) in [5.41, 5.74) is 1.84. The van der Waals surface area contributed by atoms with Gasteiger partial charge in [0.25, 0.3) is 0 Å². The second kappa shape index (κ2) is 11.9. The van der Waals surface area contributed by atoms with Crippen molar-refractivity contribution in [3.05, 3.63) is 88.9 Å². The van der Waals surface area contributed by atoms with Gasteiger partial charge in [-0.05, 0) is 67.1 Å². The van der Waals surface area contributed by atoms with Gasteiger partial charge >= 0.3 is 5.97 Å². The Hall–Kier alpha value is -3.88. The fourth-order valence-corrected chi connectivity index (χ4v) is 4.98. The standard InChI is InChI=1S/C30H31ClN2O6/c1-19(34)33(22-12-10-21(31)11-13-22)27-17-30(2,32-26-7-5-4-6-25(26)27)29(37)20-8-14-24(15-9-20)39-18-23(35)16-28(36)38-3/h4-15,23,27,32,35H,16-18H2,1-3H3/t23-,27+,30-/m0/s1. The first-order valence-electron chi connectivity index (χ1n) is 12.6. The van der Waals surface area contributed by atoms with Crippen molar-refractivity contribution in [2.45, 2.75) is 44.4 Å². The van der Waals surface area contributed by atoms with Gasteiger partial charge in [0.2, 0.25) is 5.91 Å². The third kappa shape index (κ3) is 6.41. The lowest BCUT2D eigenvalue weighted by molar-refractivity contribution is -0.143. The second-order valence-electron chi connectivity index (χ2n) is 9.73. The number of aliphatic hydroxyl groups is 1. The first kappa shape index (κ1) is 28.1. The number of hydrogen-bond donors (Lipinski definition) is 2. The van der Waals surface area contributed by atoms with Gasteiger partial charge in [-0.1, -0.05) is 29.8 Å². The number of anilines is 2. The number of fused-ring (bicyclic) bond motifs is 1. The van der Waals surface area contributed by atoms with Crippen LogP contribution in [0.25, 0.3) is 0 Å². The van der Waals surface area contributed by atoms with Crippen LogP contribution >= 0.6 is 11.6 Å². The first-order chi connectivity index (χ1) is 18.6. The van der Waals surface area contributed by atoms with E-state index in [1.165, 1.54) is 14.0 Å². The van der Waals surface area contributed by atoms with Gasteiger partial charge in [0, 0.05) is 35.3 Å². The molecule has 39 heavy (non-hydrogen) atoms. The number of para-hydroxylation sites is 1. The average Bonchev–Trinajstić information content (AvgIpc) is 2.92. The Morgan fingerprint density at radius 3 is 2.38 bits per heavy atom. The lowest BCUT2D eigenvalue weighted by atomic mass is 9.78. The molecule has 9 heteroatoms. The Kier molecular flexibility index (Phi) is 8.57. The number of ether oxygens (including phenoxy) is 2. The number of rotatable bonds is 9. The molecule has 2 N–H and O–H groups in total. The molecule has 1 aliphatic heterocycles. The molecule has 3 aromatic carbocycles. The Bertz CT molecular complexity index is 1340. The molecule has 3 atom stereocenters. The van der Waals surface area contributed by atoms with Crippen molar-refractivity contribution in [2.24, 2.45) is 0 Å². The number of halogens is 1. The van der Waals surface area contributed by atoms with E-state index in [1.54, 1.807) is 53.4 Å². The summed E-state index contributed by atoms with van der Waals surface area (Å²) >= 11 is 6.09. The van der Waals surface area contributed by atoms with E-state index >= 15 is 0 Å². The maximum atomic E-state index is 13.9. The minimum atomic E-state index is -1.02. The van der Waals surface area contributed by atoms with Crippen LogP contribution in [0.1, 0.15) is 48.7 Å². The van der Waals surface area contributed by atoms with E-state index in [0.29, 0.717) is 28.4 Å². The van der Waals surface area contributed by atoms with Gasteiger partial charge in [-0.3, -0.25) is 14.4 Å². The summed E-state index contributed by atoms with van der Waals surface area (Å²) in [6, 6.07) is 21.0. The molecule has 0 saturated heterocycles. The first-order valence-corrected chi connectivity index (χ1v) is 12.9. The molecule has 0 aromatic heterocycles. The van der Waals surface area contributed by atoms with E-state index in [4.69, 9.17) is 16.3 Å². The van der Waals surface area contributed by atoms with E-state index in [-0.39, 0.29) is 24.7 Å². The van der Waals surface area contributed by atoms with E-state index in [2.05, 4.69) is 10.1 Å². The monoisotopic (exact) mass is 550 g/mol. The van der Waals surface area contributed by atoms with Gasteiger partial charge in [-0.25, -0.2) is 0 Å². The molecule has 0 radical (unpaired) electrons. The number of carbonyl (C=O) groups excluding carboxylic acids is 3. The molecule has 0 spiro atoms. The zero-order valence-electron chi connectivity index (χ0n) is 22.0. The van der Waals surface area contributed by atoms with E-state index < -0.39 is 23.7 Å². The smallest absolute Gasteiger partial charge is 0.308 e. The van der Waals surface area contributed by atoms with Gasteiger partial charge in [0.15, 0.2) is 5.78 Å². The van der Waals surface area contributed by atoms with Crippen LogP contribution in [0.15, 0.2) is 72.8 Å². The predicted molar refractivity (Wildman–Crippen MR) is 149 cm³/mol. The molecule has 0 fully saturated rings. The molecule has 204 valence electrons. The normalized spacial score (nSPS) is 18.7. The van der Waals surface area contributed by atoms with Crippen molar-refractivity contribution in [1.82, 2.24) is 0 Å². The van der Waals surface area contributed by atoms with Crippen LogP contribution in [-0.4, -0.2) is 48.1 Å². The van der Waals surface area contributed by atoms with Crippen molar-refractivity contribution in [3.8, 4) is 5.75 Å². The second-order valence-corrected chi connectivity index (χ2v) is 10.2. The highest BCUT2D eigenvalue weighted by Gasteiger charge is 2.44. The Balaban J connectivity index is 1.57. The third-order valence-corrected chi connectivity index (χ3v) is 7.03. The number of Topliss-reactive ketones (excluding diaryl/α,β-unsaturated/α-hetero) is 1. The quantitative estimate of drug-likeness (QED) is 0.279. The van der Waals surface area contributed by atoms with Crippen LogP contribution in [0.3, 0.4) is 0 Å². The summed E-state index contributed by atoms with van der Waals surface area (Å²) in [6.45, 7) is 3.26. The third-order valence-electron chi connectivity index (χ3n) is 6.78. The Labute approximate surface area is 232 Å².